The van der Waals surface area contributed by atoms with E-state index in [1.165, 1.54) is 5.41 Å². The van der Waals surface area contributed by atoms with Crippen molar-refractivity contribution in [3.63, 3.8) is 0 Å². The number of aliphatic hydroxyl groups is 1. The van der Waals surface area contributed by atoms with Crippen LogP contribution in [0.5, 0.6) is 0 Å². The van der Waals surface area contributed by atoms with Gasteiger partial charge in [0, 0.05) is 22.5 Å². The van der Waals surface area contributed by atoms with E-state index >= 15 is 0 Å². The fourth-order valence-corrected chi connectivity index (χ4v) is 0.996. The molecule has 0 spiro atoms. The molecule has 2 atom stereocenters. The molecule has 0 aliphatic heterocycles. The lowest BCUT2D eigenvalue weighted by atomic mass is 10.2. The highest BCUT2D eigenvalue weighted by atomic mass is 32.2. The summed E-state index contributed by atoms with van der Waals surface area (Å²) in [7, 11) is -0.930. The molecule has 0 unspecified atom stereocenters. The molecule has 0 bridgehead atoms. The van der Waals surface area contributed by atoms with Gasteiger partial charge in [-0.1, -0.05) is 13.3 Å². The predicted octanol–water partition coefficient (Wildman–Crippen LogP) is 1.04. The standard InChI is InChI=1S/C7H14O2S/c1-3-4-7(8)5-6-10(2)9/h5-8H,3-4H2,1-2H3/b6-5+/t7-,10-/m0/s1. The second-order valence-electron chi connectivity index (χ2n) is 2.18. The lowest BCUT2D eigenvalue weighted by Gasteiger charge is -1.99. The molecule has 0 heterocycles. The van der Waals surface area contributed by atoms with Crippen molar-refractivity contribution in [2.24, 2.45) is 0 Å². The minimum atomic E-state index is -0.930. The van der Waals surface area contributed by atoms with Crippen molar-refractivity contribution in [3.05, 3.63) is 11.5 Å². The van der Waals surface area contributed by atoms with E-state index in [2.05, 4.69) is 0 Å². The maximum atomic E-state index is 10.5. The molecule has 3 heteroatoms. The van der Waals surface area contributed by atoms with E-state index in [0.717, 1.165) is 12.8 Å². The highest BCUT2D eigenvalue weighted by molar-refractivity contribution is 7.87. The van der Waals surface area contributed by atoms with Crippen molar-refractivity contribution >= 4 is 10.8 Å². The molecule has 60 valence electrons. The zero-order chi connectivity index (χ0) is 7.98. The zero-order valence-electron chi connectivity index (χ0n) is 6.41. The maximum absolute atomic E-state index is 10.5. The second-order valence-corrected chi connectivity index (χ2v) is 3.45. The van der Waals surface area contributed by atoms with Crippen molar-refractivity contribution in [1.82, 2.24) is 0 Å². The van der Waals surface area contributed by atoms with Crippen LogP contribution in [0.3, 0.4) is 0 Å². The van der Waals surface area contributed by atoms with Crippen LogP contribution in [0.4, 0.5) is 0 Å². The molecule has 0 aromatic carbocycles. The molecule has 0 amide bonds. The van der Waals surface area contributed by atoms with Gasteiger partial charge in [0.2, 0.25) is 0 Å². The Balaban J connectivity index is 3.55. The Bertz CT molecular complexity index is 132. The summed E-state index contributed by atoms with van der Waals surface area (Å²) in [5, 5.41) is 10.6. The quantitative estimate of drug-likeness (QED) is 0.670. The number of hydrogen-bond donors (Lipinski definition) is 1. The Hall–Kier alpha value is -0.150. The van der Waals surface area contributed by atoms with Crippen molar-refractivity contribution in [3.8, 4) is 0 Å². The minimum Gasteiger partial charge on any atom is -0.389 e. The van der Waals surface area contributed by atoms with Crippen LogP contribution in [0.15, 0.2) is 11.5 Å². The van der Waals surface area contributed by atoms with Crippen molar-refractivity contribution < 1.29 is 9.32 Å². The summed E-state index contributed by atoms with van der Waals surface area (Å²) in [6.07, 6.45) is 4.43. The van der Waals surface area contributed by atoms with Gasteiger partial charge in [0.1, 0.15) is 0 Å². The summed E-state index contributed by atoms with van der Waals surface area (Å²) in [5.74, 6) is 0. The monoisotopic (exact) mass is 162 g/mol. The minimum absolute atomic E-state index is 0.422. The molecular formula is C7H14O2S. The first-order valence-electron chi connectivity index (χ1n) is 3.35. The lowest BCUT2D eigenvalue weighted by Crippen LogP contribution is -2.00. The average Bonchev–Trinajstić information content (AvgIpc) is 1.85. The first-order chi connectivity index (χ1) is 4.66. The summed E-state index contributed by atoms with van der Waals surface area (Å²) in [6, 6.07) is 0. The van der Waals surface area contributed by atoms with Crippen LogP contribution in [-0.2, 0) is 10.8 Å². The number of aliphatic hydroxyl groups excluding tert-OH is 1. The topological polar surface area (TPSA) is 37.3 Å². The number of rotatable bonds is 4. The summed E-state index contributed by atoms with van der Waals surface area (Å²) in [4.78, 5) is 0. The molecule has 0 aromatic heterocycles. The molecule has 1 N–H and O–H groups in total. The zero-order valence-corrected chi connectivity index (χ0v) is 7.23. The van der Waals surface area contributed by atoms with Gasteiger partial charge in [0.05, 0.1) is 6.10 Å². The highest BCUT2D eigenvalue weighted by Crippen LogP contribution is 1.97. The molecule has 0 saturated carbocycles. The Kier molecular flexibility index (Phi) is 5.54. The van der Waals surface area contributed by atoms with Crippen LogP contribution in [-0.4, -0.2) is 21.7 Å². The van der Waals surface area contributed by atoms with E-state index in [4.69, 9.17) is 5.11 Å². The van der Waals surface area contributed by atoms with Gasteiger partial charge < -0.3 is 5.11 Å². The molecule has 0 rings (SSSR count). The van der Waals surface area contributed by atoms with Gasteiger partial charge in [-0.05, 0) is 12.5 Å². The van der Waals surface area contributed by atoms with Crippen LogP contribution < -0.4 is 0 Å². The largest absolute Gasteiger partial charge is 0.389 e. The molecule has 0 saturated heterocycles. The van der Waals surface area contributed by atoms with Gasteiger partial charge >= 0.3 is 0 Å². The molecule has 2 nitrogen and oxygen atoms in total. The van der Waals surface area contributed by atoms with Crippen molar-refractivity contribution in [1.29, 1.82) is 0 Å². The van der Waals surface area contributed by atoms with Crippen LogP contribution in [0.25, 0.3) is 0 Å². The van der Waals surface area contributed by atoms with E-state index in [-0.39, 0.29) is 0 Å². The fourth-order valence-electron chi connectivity index (χ4n) is 0.593. The van der Waals surface area contributed by atoms with Gasteiger partial charge in [0.15, 0.2) is 0 Å². The Morgan fingerprint density at radius 1 is 1.70 bits per heavy atom. The molecule has 0 aliphatic carbocycles. The Labute approximate surface area is 64.4 Å². The third-order valence-corrected chi connectivity index (χ3v) is 1.62. The summed E-state index contributed by atoms with van der Waals surface area (Å²) >= 11 is 0. The van der Waals surface area contributed by atoms with Gasteiger partial charge in [-0.3, -0.25) is 4.21 Å². The first-order valence-corrected chi connectivity index (χ1v) is 4.97. The summed E-state index contributed by atoms with van der Waals surface area (Å²) < 4.78 is 10.5. The van der Waals surface area contributed by atoms with Crippen LogP contribution in [0.2, 0.25) is 0 Å². The molecule has 0 aromatic rings. The second kappa shape index (κ2) is 5.62. The van der Waals surface area contributed by atoms with Crippen LogP contribution in [0, 0.1) is 0 Å². The van der Waals surface area contributed by atoms with E-state index in [1.54, 1.807) is 12.3 Å². The highest BCUT2D eigenvalue weighted by Gasteiger charge is 1.94. The third-order valence-electron chi connectivity index (χ3n) is 1.08. The molecule has 10 heavy (non-hydrogen) atoms. The lowest BCUT2D eigenvalue weighted by molar-refractivity contribution is 0.212. The summed E-state index contributed by atoms with van der Waals surface area (Å²) in [6.45, 7) is 2.00. The van der Waals surface area contributed by atoms with Crippen molar-refractivity contribution in [2.45, 2.75) is 25.9 Å². The van der Waals surface area contributed by atoms with Gasteiger partial charge in [-0.25, -0.2) is 0 Å². The van der Waals surface area contributed by atoms with E-state index in [0.29, 0.717) is 0 Å². The molecule has 0 aliphatic rings. The van der Waals surface area contributed by atoms with Crippen LogP contribution >= 0.6 is 0 Å². The molecular weight excluding hydrogens is 148 g/mol. The Morgan fingerprint density at radius 3 is 2.70 bits per heavy atom. The SMILES string of the molecule is CCC[C@H](O)/C=C/[S@](C)=O. The summed E-state index contributed by atoms with van der Waals surface area (Å²) in [5.41, 5.74) is 0. The molecule has 0 fully saturated rings. The predicted molar refractivity (Wildman–Crippen MR) is 44.1 cm³/mol. The van der Waals surface area contributed by atoms with Gasteiger partial charge in [0.25, 0.3) is 0 Å². The normalized spacial score (nSPS) is 17.5. The van der Waals surface area contributed by atoms with E-state index in [9.17, 15) is 4.21 Å². The fraction of sp³-hybridized carbons (Fsp3) is 0.714. The maximum Gasteiger partial charge on any atom is 0.0729 e. The molecule has 0 radical (unpaired) electrons. The van der Waals surface area contributed by atoms with Crippen molar-refractivity contribution in [2.75, 3.05) is 6.26 Å². The van der Waals surface area contributed by atoms with Gasteiger partial charge in [-0.15, -0.1) is 0 Å². The first kappa shape index (κ1) is 9.85. The Morgan fingerprint density at radius 2 is 2.30 bits per heavy atom. The van der Waals surface area contributed by atoms with Crippen LogP contribution in [0.1, 0.15) is 19.8 Å². The average molecular weight is 162 g/mol. The van der Waals surface area contributed by atoms with E-state index in [1.807, 2.05) is 6.92 Å². The van der Waals surface area contributed by atoms with E-state index < -0.39 is 16.9 Å². The smallest absolute Gasteiger partial charge is 0.0729 e. The third kappa shape index (κ3) is 5.98. The van der Waals surface area contributed by atoms with Gasteiger partial charge in [-0.2, -0.15) is 0 Å². The number of hydrogen-bond acceptors (Lipinski definition) is 2.